The van der Waals surface area contributed by atoms with Gasteiger partial charge in [0.1, 0.15) is 10.3 Å². The number of pyridine rings is 2. The first-order chi connectivity index (χ1) is 12.6. The minimum Gasteiger partial charge on any atom is -0.306 e. The van der Waals surface area contributed by atoms with Crippen molar-refractivity contribution in [2.45, 2.75) is 39.5 Å². The third-order valence-electron chi connectivity index (χ3n) is 3.78. The van der Waals surface area contributed by atoms with Gasteiger partial charge in [-0.25, -0.2) is 9.78 Å². The average Bonchev–Trinajstić information content (AvgIpc) is 2.57. The van der Waals surface area contributed by atoms with E-state index in [1.165, 1.54) is 6.07 Å². The van der Waals surface area contributed by atoms with Gasteiger partial charge in [0.05, 0.1) is 22.0 Å². The Hall–Kier alpha value is -1.89. The van der Waals surface area contributed by atoms with E-state index < -0.39 is 11.9 Å². The van der Waals surface area contributed by atoms with Gasteiger partial charge in [0, 0.05) is 6.20 Å². The van der Waals surface area contributed by atoms with Crippen molar-refractivity contribution in [3.8, 4) is 0 Å². The van der Waals surface area contributed by atoms with Crippen molar-refractivity contribution >= 4 is 52.4 Å². The summed E-state index contributed by atoms with van der Waals surface area (Å²) < 4.78 is 0. The van der Waals surface area contributed by atoms with E-state index in [9.17, 15) is 9.59 Å². The maximum absolute atomic E-state index is 12.4. The van der Waals surface area contributed by atoms with Gasteiger partial charge < -0.3 is 5.32 Å². The van der Waals surface area contributed by atoms with Crippen LogP contribution in [0.3, 0.4) is 0 Å². The molecule has 0 aliphatic carbocycles. The maximum atomic E-state index is 12.4. The fourth-order valence-electron chi connectivity index (χ4n) is 2.47. The molecular weight excluding hydrogens is 411 g/mol. The molecule has 144 valence electrons. The van der Waals surface area contributed by atoms with Crippen molar-refractivity contribution < 1.29 is 9.59 Å². The smallest absolute Gasteiger partial charge is 0.306 e. The van der Waals surface area contributed by atoms with E-state index in [1.54, 1.807) is 6.20 Å². The van der Waals surface area contributed by atoms with Crippen molar-refractivity contribution in [2.75, 3.05) is 5.32 Å². The lowest BCUT2D eigenvalue weighted by Crippen LogP contribution is -2.35. The minimum atomic E-state index is -0.746. The first-order valence-corrected chi connectivity index (χ1v) is 9.37. The normalized spacial score (nSPS) is 11.0. The zero-order valence-electron chi connectivity index (χ0n) is 15.2. The van der Waals surface area contributed by atoms with Gasteiger partial charge in [0.15, 0.2) is 0 Å². The van der Waals surface area contributed by atoms with Gasteiger partial charge in [0.25, 0.3) is 5.91 Å². The number of halogens is 3. The molecule has 0 radical (unpaired) electrons. The lowest BCUT2D eigenvalue weighted by Gasteiger charge is -2.19. The molecule has 3 amide bonds. The van der Waals surface area contributed by atoms with Crippen LogP contribution in [0.15, 0.2) is 18.3 Å². The highest BCUT2D eigenvalue weighted by molar-refractivity contribution is 6.42. The van der Waals surface area contributed by atoms with Crippen molar-refractivity contribution in [3.05, 3.63) is 50.5 Å². The second-order valence-corrected chi connectivity index (χ2v) is 7.60. The molecule has 0 saturated carbocycles. The predicted molar refractivity (Wildman–Crippen MR) is 108 cm³/mol. The van der Waals surface area contributed by atoms with Crippen LogP contribution >= 0.6 is 34.8 Å². The molecule has 0 aliphatic rings. The number of hydrogen-bond acceptors (Lipinski definition) is 4. The molecule has 9 heteroatoms. The Labute approximate surface area is 172 Å². The number of amides is 3. The molecule has 2 aromatic heterocycles. The second kappa shape index (κ2) is 8.87. The number of aromatic nitrogens is 2. The van der Waals surface area contributed by atoms with Crippen LogP contribution < -0.4 is 10.6 Å². The summed E-state index contributed by atoms with van der Waals surface area (Å²) in [6, 6.07) is 2.39. The summed E-state index contributed by atoms with van der Waals surface area (Å²) in [5.41, 5.74) is 2.19. The molecule has 0 unspecified atom stereocenters. The number of nitrogens with one attached hydrogen (secondary N) is 2. The standard InChI is InChI=1S/C18H19Cl3N4O2/c1-8(2)10-5-6-22-13(9(3)4)14(10)23-18(27)25-17(26)11-7-12(19)16(21)24-15(11)20/h5-9H,1-4H3,(H2,23,25,26,27). The highest BCUT2D eigenvalue weighted by atomic mass is 35.5. The third-order valence-corrected chi connectivity index (χ3v) is 4.74. The molecule has 2 rings (SSSR count). The van der Waals surface area contributed by atoms with E-state index in [1.807, 2.05) is 33.8 Å². The second-order valence-electron chi connectivity index (χ2n) is 6.48. The topological polar surface area (TPSA) is 84.0 Å². The molecule has 0 atom stereocenters. The van der Waals surface area contributed by atoms with E-state index in [0.29, 0.717) is 5.69 Å². The molecule has 6 nitrogen and oxygen atoms in total. The average molecular weight is 430 g/mol. The molecule has 27 heavy (non-hydrogen) atoms. The lowest BCUT2D eigenvalue weighted by atomic mass is 9.97. The van der Waals surface area contributed by atoms with Crippen LogP contribution in [-0.2, 0) is 0 Å². The Balaban J connectivity index is 2.26. The maximum Gasteiger partial charge on any atom is 0.326 e. The summed E-state index contributed by atoms with van der Waals surface area (Å²) in [5.74, 6) is -0.502. The van der Waals surface area contributed by atoms with Crippen LogP contribution in [0.4, 0.5) is 10.5 Å². The zero-order valence-corrected chi connectivity index (χ0v) is 17.5. The summed E-state index contributed by atoms with van der Waals surface area (Å²) in [6.45, 7) is 7.97. The van der Waals surface area contributed by atoms with Crippen LogP contribution in [0.2, 0.25) is 15.3 Å². The predicted octanol–water partition coefficient (Wildman–Crippen LogP) is 5.65. The van der Waals surface area contributed by atoms with Crippen molar-refractivity contribution in [1.29, 1.82) is 0 Å². The Morgan fingerprint density at radius 3 is 2.30 bits per heavy atom. The van der Waals surface area contributed by atoms with E-state index in [-0.39, 0.29) is 32.7 Å². The number of anilines is 1. The Morgan fingerprint density at radius 1 is 1.04 bits per heavy atom. The highest BCUT2D eigenvalue weighted by Gasteiger charge is 2.20. The van der Waals surface area contributed by atoms with E-state index in [0.717, 1.165) is 11.3 Å². The Morgan fingerprint density at radius 2 is 1.70 bits per heavy atom. The van der Waals surface area contributed by atoms with Gasteiger partial charge in [-0.1, -0.05) is 62.5 Å². The molecule has 0 aliphatic heterocycles. The van der Waals surface area contributed by atoms with Crippen molar-refractivity contribution in [2.24, 2.45) is 0 Å². The number of nitrogens with zero attached hydrogens (tertiary/aromatic N) is 2. The molecule has 2 aromatic rings. The van der Waals surface area contributed by atoms with Crippen LogP contribution in [0, 0.1) is 0 Å². The summed E-state index contributed by atoms with van der Waals surface area (Å²) >= 11 is 17.5. The van der Waals surface area contributed by atoms with Crippen LogP contribution in [-0.4, -0.2) is 21.9 Å². The van der Waals surface area contributed by atoms with Gasteiger partial charge in [-0.05, 0) is 29.5 Å². The summed E-state index contributed by atoms with van der Waals surface area (Å²) in [6.07, 6.45) is 1.71. The number of carbonyl (C=O) groups excluding carboxylic acids is 2. The largest absolute Gasteiger partial charge is 0.326 e. The van der Waals surface area contributed by atoms with Crippen LogP contribution in [0.5, 0.6) is 0 Å². The fraction of sp³-hybridized carbons (Fsp3) is 0.333. The summed E-state index contributed by atoms with van der Waals surface area (Å²) in [5, 5.41) is 4.83. The molecule has 0 fully saturated rings. The molecule has 0 bridgehead atoms. The van der Waals surface area contributed by atoms with E-state index >= 15 is 0 Å². The number of rotatable bonds is 4. The third kappa shape index (κ3) is 5.09. The molecule has 0 aromatic carbocycles. The van der Waals surface area contributed by atoms with E-state index in [2.05, 4.69) is 20.6 Å². The van der Waals surface area contributed by atoms with Gasteiger partial charge in [0.2, 0.25) is 0 Å². The number of hydrogen-bond donors (Lipinski definition) is 2. The highest BCUT2D eigenvalue weighted by Crippen LogP contribution is 2.30. The number of urea groups is 1. The van der Waals surface area contributed by atoms with Gasteiger partial charge >= 0.3 is 6.03 Å². The van der Waals surface area contributed by atoms with Crippen molar-refractivity contribution in [1.82, 2.24) is 15.3 Å². The first kappa shape index (κ1) is 21.4. The van der Waals surface area contributed by atoms with Crippen LogP contribution in [0.1, 0.15) is 61.1 Å². The number of imide groups is 1. The molecule has 0 saturated heterocycles. The summed E-state index contributed by atoms with van der Waals surface area (Å²) in [4.78, 5) is 32.9. The minimum absolute atomic E-state index is 0.0267. The number of carbonyl (C=O) groups is 2. The molecule has 2 heterocycles. The SMILES string of the molecule is CC(C)c1ccnc(C(C)C)c1NC(=O)NC(=O)c1cc(Cl)c(Cl)nc1Cl. The monoisotopic (exact) mass is 428 g/mol. The molecule has 2 N–H and O–H groups in total. The van der Waals surface area contributed by atoms with Crippen molar-refractivity contribution in [3.63, 3.8) is 0 Å². The summed E-state index contributed by atoms with van der Waals surface area (Å²) in [7, 11) is 0. The van der Waals surface area contributed by atoms with Gasteiger partial charge in [-0.3, -0.25) is 15.1 Å². The molecule has 0 spiro atoms. The van der Waals surface area contributed by atoms with Gasteiger partial charge in [-0.15, -0.1) is 0 Å². The fourth-order valence-corrected chi connectivity index (χ4v) is 3.03. The first-order valence-electron chi connectivity index (χ1n) is 8.24. The van der Waals surface area contributed by atoms with E-state index in [4.69, 9.17) is 34.8 Å². The van der Waals surface area contributed by atoms with Gasteiger partial charge in [-0.2, -0.15) is 0 Å². The van der Waals surface area contributed by atoms with Crippen LogP contribution in [0.25, 0.3) is 0 Å². The Kier molecular flexibility index (Phi) is 7.03. The lowest BCUT2D eigenvalue weighted by molar-refractivity contribution is 0.0967. The zero-order chi connectivity index (χ0) is 20.3. The quantitative estimate of drug-likeness (QED) is 0.615. The molecular formula is C18H19Cl3N4O2. The Bertz CT molecular complexity index is 859.